The fraction of sp³-hybridized carbons (Fsp3) is 0.857. The molecule has 0 radical (unpaired) electrons. The van der Waals surface area contributed by atoms with Gasteiger partial charge in [0, 0.05) is 19.5 Å². The smallest absolute Gasteiger partial charge is 0.242 e. The van der Waals surface area contributed by atoms with Crippen molar-refractivity contribution in [3.05, 3.63) is 0 Å². The molecule has 0 saturated carbocycles. The van der Waals surface area contributed by atoms with E-state index in [0.717, 1.165) is 12.8 Å². The summed E-state index contributed by atoms with van der Waals surface area (Å²) in [6, 6.07) is -0.713. The van der Waals surface area contributed by atoms with Gasteiger partial charge in [0.1, 0.15) is 6.04 Å². The second-order valence-electron chi connectivity index (χ2n) is 10.3. The van der Waals surface area contributed by atoms with Crippen LogP contribution in [0, 0.1) is 10.8 Å². The van der Waals surface area contributed by atoms with Crippen LogP contribution in [0.4, 0.5) is 0 Å². The van der Waals surface area contributed by atoms with Crippen molar-refractivity contribution >= 4 is 40.3 Å². The Labute approximate surface area is 184 Å². The van der Waals surface area contributed by atoms with E-state index in [1.165, 1.54) is 0 Å². The number of hydrogen-bond acceptors (Lipinski definition) is 3. The molecule has 0 aliphatic heterocycles. The molecule has 0 spiro atoms. The molecule has 164 valence electrons. The van der Waals surface area contributed by atoms with E-state index >= 15 is 0 Å². The molecule has 3 N–H and O–H groups in total. The summed E-state index contributed by atoms with van der Waals surface area (Å²) < 4.78 is -0.628. The summed E-state index contributed by atoms with van der Waals surface area (Å²) in [5.74, 6) is -0.544. The van der Waals surface area contributed by atoms with Crippen molar-refractivity contribution in [2.45, 2.75) is 90.5 Å². The van der Waals surface area contributed by atoms with Gasteiger partial charge in [0.25, 0.3) is 0 Å². The summed E-state index contributed by atoms with van der Waals surface area (Å²) in [6.45, 7) is 17.4. The Morgan fingerprint density at radius 1 is 0.821 bits per heavy atom. The zero-order valence-electron chi connectivity index (χ0n) is 18.9. The number of alkyl halides is 1. The molecule has 7 heteroatoms. The molecule has 0 saturated heterocycles. The van der Waals surface area contributed by atoms with E-state index in [2.05, 4.69) is 57.5 Å². The zero-order valence-corrected chi connectivity index (χ0v) is 21.1. The number of amides is 3. The van der Waals surface area contributed by atoms with E-state index in [1.807, 2.05) is 22.6 Å². The molecular weight excluding hydrogens is 469 g/mol. The van der Waals surface area contributed by atoms with Crippen LogP contribution in [0.1, 0.15) is 81.1 Å². The summed E-state index contributed by atoms with van der Waals surface area (Å²) in [4.78, 5) is 37.1. The number of hydrogen-bond donors (Lipinski definition) is 3. The minimum Gasteiger partial charge on any atom is -0.356 e. The van der Waals surface area contributed by atoms with Gasteiger partial charge < -0.3 is 16.0 Å². The quantitative estimate of drug-likeness (QED) is 0.311. The molecule has 1 atom stereocenters. The maximum atomic E-state index is 12.6. The van der Waals surface area contributed by atoms with Gasteiger partial charge in [0.05, 0.1) is 3.42 Å². The molecule has 0 heterocycles. The molecule has 28 heavy (non-hydrogen) atoms. The fourth-order valence-corrected chi connectivity index (χ4v) is 2.38. The molecule has 0 bridgehead atoms. The van der Waals surface area contributed by atoms with Gasteiger partial charge in [-0.1, -0.05) is 64.1 Å². The van der Waals surface area contributed by atoms with Crippen LogP contribution < -0.4 is 16.0 Å². The normalized spacial score (nSPS) is 13.6. The van der Waals surface area contributed by atoms with Crippen LogP contribution in [0.5, 0.6) is 0 Å². The van der Waals surface area contributed by atoms with Crippen LogP contribution >= 0.6 is 22.6 Å². The molecular formula is C21H40IN3O3. The maximum Gasteiger partial charge on any atom is 0.242 e. The SMILES string of the molecule is CC(C)(C)CCNC(=O)CCC(NC(=O)C(C)(C)I)C(=O)NCCC(C)(C)C. The highest BCUT2D eigenvalue weighted by atomic mass is 127. The molecule has 3 amide bonds. The lowest BCUT2D eigenvalue weighted by molar-refractivity contribution is -0.130. The Hall–Kier alpha value is -0.860. The van der Waals surface area contributed by atoms with Crippen LogP contribution in [-0.4, -0.2) is 40.3 Å². The standard InChI is InChI=1S/C21H40IN3O3/c1-19(2,3)11-13-23-16(26)10-9-15(25-18(28)21(7,8)22)17(27)24-14-12-20(4,5)6/h15H,9-14H2,1-8H3,(H,23,26)(H,24,27)(H,25,28). The van der Waals surface area contributed by atoms with E-state index in [4.69, 9.17) is 0 Å². The molecule has 0 rings (SSSR count). The van der Waals surface area contributed by atoms with Gasteiger partial charge in [-0.25, -0.2) is 0 Å². The minimum atomic E-state index is -0.713. The highest BCUT2D eigenvalue weighted by molar-refractivity contribution is 14.1. The average Bonchev–Trinajstić information content (AvgIpc) is 2.47. The minimum absolute atomic E-state index is 0.0975. The second-order valence-corrected chi connectivity index (χ2v) is 13.0. The van der Waals surface area contributed by atoms with Crippen LogP contribution in [-0.2, 0) is 14.4 Å². The summed E-state index contributed by atoms with van der Waals surface area (Å²) >= 11 is 2.04. The van der Waals surface area contributed by atoms with E-state index in [9.17, 15) is 14.4 Å². The number of rotatable bonds is 10. The Morgan fingerprint density at radius 2 is 1.29 bits per heavy atom. The zero-order chi connectivity index (χ0) is 22.2. The maximum absolute atomic E-state index is 12.6. The van der Waals surface area contributed by atoms with Gasteiger partial charge in [0.2, 0.25) is 17.7 Å². The average molecular weight is 509 g/mol. The van der Waals surface area contributed by atoms with Gasteiger partial charge in [-0.2, -0.15) is 0 Å². The second kappa shape index (κ2) is 11.4. The highest BCUT2D eigenvalue weighted by Gasteiger charge is 2.29. The van der Waals surface area contributed by atoms with Crippen LogP contribution in [0.2, 0.25) is 0 Å². The Kier molecular flexibility index (Phi) is 11.0. The largest absolute Gasteiger partial charge is 0.356 e. The Balaban J connectivity index is 4.74. The van der Waals surface area contributed by atoms with Crippen molar-refractivity contribution < 1.29 is 14.4 Å². The third kappa shape index (κ3) is 14.2. The first-order chi connectivity index (χ1) is 12.5. The molecule has 0 fully saturated rings. The Morgan fingerprint density at radius 3 is 1.71 bits per heavy atom. The highest BCUT2D eigenvalue weighted by Crippen LogP contribution is 2.19. The molecule has 1 unspecified atom stereocenters. The van der Waals surface area contributed by atoms with Crippen molar-refractivity contribution in [3.8, 4) is 0 Å². The van der Waals surface area contributed by atoms with Crippen molar-refractivity contribution in [1.29, 1.82) is 0 Å². The van der Waals surface area contributed by atoms with Gasteiger partial charge in [-0.15, -0.1) is 0 Å². The topological polar surface area (TPSA) is 87.3 Å². The van der Waals surface area contributed by atoms with Crippen LogP contribution in [0.25, 0.3) is 0 Å². The summed E-state index contributed by atoms with van der Waals surface area (Å²) in [5.41, 5.74) is 0.270. The van der Waals surface area contributed by atoms with Gasteiger partial charge in [-0.05, 0) is 43.9 Å². The monoisotopic (exact) mass is 509 g/mol. The summed E-state index contributed by atoms with van der Waals surface area (Å²) in [7, 11) is 0. The summed E-state index contributed by atoms with van der Waals surface area (Å²) in [5, 5.41) is 8.59. The van der Waals surface area contributed by atoms with Gasteiger partial charge in [-0.3, -0.25) is 14.4 Å². The molecule has 6 nitrogen and oxygen atoms in total. The van der Waals surface area contributed by atoms with Crippen molar-refractivity contribution in [2.24, 2.45) is 10.8 Å². The van der Waals surface area contributed by atoms with Crippen molar-refractivity contribution in [2.75, 3.05) is 13.1 Å². The first-order valence-corrected chi connectivity index (χ1v) is 11.1. The predicted molar refractivity (Wildman–Crippen MR) is 123 cm³/mol. The van der Waals surface area contributed by atoms with E-state index in [-0.39, 0.29) is 41.4 Å². The molecule has 0 aromatic carbocycles. The molecule has 0 aliphatic rings. The first-order valence-electron chi connectivity index (χ1n) is 10.1. The first kappa shape index (κ1) is 27.1. The fourth-order valence-electron chi connectivity index (χ4n) is 2.22. The third-order valence-corrected chi connectivity index (χ3v) is 4.68. The summed E-state index contributed by atoms with van der Waals surface area (Å²) in [6.07, 6.45) is 2.20. The number of halogens is 1. The van der Waals surface area contributed by atoms with Crippen LogP contribution in [0.3, 0.4) is 0 Å². The molecule has 0 aromatic heterocycles. The van der Waals surface area contributed by atoms with Gasteiger partial charge >= 0.3 is 0 Å². The molecule has 0 aliphatic carbocycles. The van der Waals surface area contributed by atoms with Gasteiger partial charge in [0.15, 0.2) is 0 Å². The van der Waals surface area contributed by atoms with E-state index in [1.54, 1.807) is 13.8 Å². The third-order valence-electron chi connectivity index (χ3n) is 4.19. The lowest BCUT2D eigenvalue weighted by Gasteiger charge is -2.24. The van der Waals surface area contributed by atoms with Crippen molar-refractivity contribution in [1.82, 2.24) is 16.0 Å². The van der Waals surface area contributed by atoms with Crippen molar-refractivity contribution in [3.63, 3.8) is 0 Å². The number of carbonyl (C=O) groups excluding carboxylic acids is 3. The Bertz CT molecular complexity index is 528. The van der Waals surface area contributed by atoms with Crippen LogP contribution in [0.15, 0.2) is 0 Å². The van der Waals surface area contributed by atoms with E-state index in [0.29, 0.717) is 13.1 Å². The number of nitrogens with one attached hydrogen (secondary N) is 3. The lowest BCUT2D eigenvalue weighted by Crippen LogP contribution is -2.51. The van der Waals surface area contributed by atoms with E-state index < -0.39 is 9.46 Å². The predicted octanol–water partition coefficient (Wildman–Crippen LogP) is 3.57. The number of carbonyl (C=O) groups is 3. The molecule has 0 aromatic rings. The lowest BCUT2D eigenvalue weighted by atomic mass is 9.92.